The van der Waals surface area contributed by atoms with Crippen molar-refractivity contribution in [3.8, 4) is 11.5 Å². The highest BCUT2D eigenvalue weighted by Crippen LogP contribution is 2.62. The van der Waals surface area contributed by atoms with Crippen molar-refractivity contribution in [2.75, 3.05) is 6.61 Å². The third-order valence-electron chi connectivity index (χ3n) is 10.5. The van der Waals surface area contributed by atoms with Crippen molar-refractivity contribution in [1.82, 2.24) is 0 Å². The van der Waals surface area contributed by atoms with Crippen molar-refractivity contribution < 1.29 is 66.7 Å². The maximum atomic E-state index is 12.4. The van der Waals surface area contributed by atoms with E-state index >= 15 is 0 Å². The van der Waals surface area contributed by atoms with Crippen LogP contribution < -0.4 is 9.47 Å². The van der Waals surface area contributed by atoms with E-state index in [1.807, 2.05) is 6.07 Å². The lowest BCUT2D eigenvalue weighted by molar-refractivity contribution is -0.288. The second-order valence-corrected chi connectivity index (χ2v) is 13.9. The molecule has 1 saturated heterocycles. The van der Waals surface area contributed by atoms with Crippen LogP contribution in [-0.2, 0) is 63.6 Å². The van der Waals surface area contributed by atoms with E-state index in [0.717, 1.165) is 64.0 Å². The van der Waals surface area contributed by atoms with Gasteiger partial charge in [0.25, 0.3) is 0 Å². The van der Waals surface area contributed by atoms with E-state index in [9.17, 15) is 28.8 Å². The van der Waals surface area contributed by atoms with Crippen LogP contribution in [0.4, 0.5) is 0 Å². The first-order valence-electron chi connectivity index (χ1n) is 17.1. The summed E-state index contributed by atoms with van der Waals surface area (Å²) in [6, 6.07) is 3.59. The van der Waals surface area contributed by atoms with Gasteiger partial charge in [-0.2, -0.15) is 0 Å². The third-order valence-corrected chi connectivity index (χ3v) is 10.5. The number of benzene rings is 1. The van der Waals surface area contributed by atoms with E-state index in [-0.39, 0.29) is 34.9 Å². The standard InChI is InChI=1S/C36H46O14/c1-17(37)43-16-30-32(46-20(4)40)33(47-21(5)41)34(48-22(6)42)35(50-30)49-28-14-23-8-9-25-24(26(23)15-29(28)44-18(2)38)12-13-36(7)27(25)10-11-31(36)45-19(3)39/h14-15,24-25,27,30-35H,8-13,16H2,1-7H3/t24?,25?,27?,30-,31-,32-,33+,34-,35+,36+/m1/s1. The van der Waals surface area contributed by atoms with Crippen molar-refractivity contribution in [3.63, 3.8) is 0 Å². The van der Waals surface area contributed by atoms with Crippen LogP contribution in [0.2, 0.25) is 0 Å². The lowest BCUT2D eigenvalue weighted by atomic mass is 9.55. The molecule has 3 aliphatic carbocycles. The monoisotopic (exact) mass is 702 g/mol. The van der Waals surface area contributed by atoms with Crippen molar-refractivity contribution in [2.45, 2.75) is 130 Å². The summed E-state index contributed by atoms with van der Waals surface area (Å²) in [4.78, 5) is 72.7. The first kappa shape index (κ1) is 37.1. The van der Waals surface area contributed by atoms with E-state index in [0.29, 0.717) is 18.3 Å². The van der Waals surface area contributed by atoms with Gasteiger partial charge in [0.1, 0.15) is 18.8 Å². The van der Waals surface area contributed by atoms with Crippen LogP contribution in [0.1, 0.15) is 97.6 Å². The topological polar surface area (TPSA) is 176 Å². The molecule has 0 spiro atoms. The molecule has 50 heavy (non-hydrogen) atoms. The number of carbonyl (C=O) groups excluding carboxylic acids is 6. The lowest BCUT2D eigenvalue weighted by Gasteiger charge is -2.50. The van der Waals surface area contributed by atoms with E-state index < -0.39 is 67.2 Å². The number of aryl methyl sites for hydroxylation is 1. The number of fused-ring (bicyclic) bond motifs is 5. The molecule has 1 aromatic rings. The first-order chi connectivity index (χ1) is 23.6. The van der Waals surface area contributed by atoms with E-state index in [1.54, 1.807) is 6.07 Å². The fourth-order valence-electron chi connectivity index (χ4n) is 8.66. The maximum Gasteiger partial charge on any atom is 0.308 e. The summed E-state index contributed by atoms with van der Waals surface area (Å²) in [6.07, 6.45) is -1.90. The molecular weight excluding hydrogens is 656 g/mol. The third kappa shape index (κ3) is 7.90. The van der Waals surface area contributed by atoms with Crippen molar-refractivity contribution in [1.29, 1.82) is 0 Å². The van der Waals surface area contributed by atoms with Gasteiger partial charge in [-0.1, -0.05) is 6.92 Å². The zero-order valence-electron chi connectivity index (χ0n) is 29.5. The number of hydrogen-bond donors (Lipinski definition) is 0. The van der Waals surface area contributed by atoms with Crippen LogP contribution in [0.3, 0.4) is 0 Å². The van der Waals surface area contributed by atoms with Crippen LogP contribution >= 0.6 is 0 Å². The average Bonchev–Trinajstić information content (AvgIpc) is 3.33. The molecule has 0 amide bonds. The summed E-state index contributed by atoms with van der Waals surface area (Å²) in [5.41, 5.74) is 1.92. The molecule has 0 N–H and O–H groups in total. The summed E-state index contributed by atoms with van der Waals surface area (Å²) in [5.74, 6) is -2.69. The molecule has 4 aliphatic rings. The van der Waals surface area contributed by atoms with Crippen LogP contribution in [0.15, 0.2) is 12.1 Å². The largest absolute Gasteiger partial charge is 0.463 e. The molecule has 10 atom stereocenters. The van der Waals surface area contributed by atoms with Crippen LogP contribution in [-0.4, -0.2) is 79.2 Å². The van der Waals surface area contributed by atoms with Gasteiger partial charge in [0, 0.05) is 47.0 Å². The van der Waals surface area contributed by atoms with Gasteiger partial charge >= 0.3 is 35.8 Å². The molecule has 274 valence electrons. The predicted octanol–water partition coefficient (Wildman–Crippen LogP) is 3.86. The van der Waals surface area contributed by atoms with E-state index in [2.05, 4.69) is 6.92 Å². The van der Waals surface area contributed by atoms with Gasteiger partial charge in [-0.3, -0.25) is 28.8 Å². The minimum atomic E-state index is -1.49. The Morgan fingerprint density at radius 2 is 1.36 bits per heavy atom. The summed E-state index contributed by atoms with van der Waals surface area (Å²) in [5, 5.41) is 0. The van der Waals surface area contributed by atoms with Crippen molar-refractivity contribution in [2.24, 2.45) is 17.3 Å². The van der Waals surface area contributed by atoms with Gasteiger partial charge in [-0.15, -0.1) is 0 Å². The Kier molecular flexibility index (Phi) is 11.1. The fourth-order valence-corrected chi connectivity index (χ4v) is 8.66. The van der Waals surface area contributed by atoms with Crippen molar-refractivity contribution in [3.05, 3.63) is 23.3 Å². The Morgan fingerprint density at radius 1 is 0.720 bits per heavy atom. The minimum Gasteiger partial charge on any atom is -0.463 e. The van der Waals surface area contributed by atoms with E-state index in [1.165, 1.54) is 20.8 Å². The normalized spacial score (nSPS) is 32.6. The van der Waals surface area contributed by atoms with Gasteiger partial charge in [-0.05, 0) is 79.5 Å². The molecule has 14 heteroatoms. The Balaban J connectivity index is 1.50. The molecular formula is C36H46O14. The van der Waals surface area contributed by atoms with Gasteiger partial charge in [0.2, 0.25) is 12.4 Å². The molecule has 3 fully saturated rings. The molecule has 0 aromatic heterocycles. The van der Waals surface area contributed by atoms with Crippen LogP contribution in [0.5, 0.6) is 11.5 Å². The molecule has 0 radical (unpaired) electrons. The van der Waals surface area contributed by atoms with Gasteiger partial charge in [-0.25, -0.2) is 0 Å². The quantitative estimate of drug-likeness (QED) is 0.206. The second kappa shape index (κ2) is 15.0. The summed E-state index contributed by atoms with van der Waals surface area (Å²) in [6.45, 7) is 9.13. The Morgan fingerprint density at radius 3 is 1.98 bits per heavy atom. The molecule has 3 unspecified atom stereocenters. The molecule has 1 heterocycles. The predicted molar refractivity (Wildman–Crippen MR) is 171 cm³/mol. The highest BCUT2D eigenvalue weighted by molar-refractivity contribution is 5.71. The van der Waals surface area contributed by atoms with Crippen LogP contribution in [0.25, 0.3) is 0 Å². The average molecular weight is 703 g/mol. The summed E-state index contributed by atoms with van der Waals surface area (Å²) >= 11 is 0. The molecule has 14 nitrogen and oxygen atoms in total. The van der Waals surface area contributed by atoms with Crippen molar-refractivity contribution >= 4 is 35.8 Å². The molecule has 0 bridgehead atoms. The van der Waals surface area contributed by atoms with Gasteiger partial charge < -0.3 is 37.9 Å². The Hall–Kier alpha value is -4.20. The smallest absolute Gasteiger partial charge is 0.308 e. The summed E-state index contributed by atoms with van der Waals surface area (Å²) in [7, 11) is 0. The second-order valence-electron chi connectivity index (χ2n) is 13.9. The number of rotatable bonds is 9. The SMILES string of the molecule is CC(=O)OC[C@H]1O[C@H](Oc2cc3c(cc2OC(C)=O)C2CC[C@@]4(C)C(CC[C@H]4OC(C)=O)C2CC3)[C@H](OC(C)=O)[C@@H](OC(C)=O)[C@@H]1OC(C)=O. The Bertz CT molecular complexity index is 1520. The lowest BCUT2D eigenvalue weighted by Crippen LogP contribution is -2.63. The first-order valence-corrected chi connectivity index (χ1v) is 17.1. The highest BCUT2D eigenvalue weighted by atomic mass is 16.7. The number of ether oxygens (including phenoxy) is 8. The molecule has 1 aliphatic heterocycles. The maximum absolute atomic E-state index is 12.4. The summed E-state index contributed by atoms with van der Waals surface area (Å²) < 4.78 is 45.7. The van der Waals surface area contributed by atoms with Crippen LogP contribution in [0, 0.1) is 17.3 Å². The minimum absolute atomic E-state index is 0.106. The van der Waals surface area contributed by atoms with Gasteiger partial charge in [0.05, 0.1) is 0 Å². The Labute approximate surface area is 290 Å². The highest BCUT2D eigenvalue weighted by Gasteiger charge is 2.57. The molecule has 1 aromatic carbocycles. The number of hydrogen-bond acceptors (Lipinski definition) is 14. The van der Waals surface area contributed by atoms with E-state index in [4.69, 9.17) is 37.9 Å². The molecule has 2 saturated carbocycles. The fraction of sp³-hybridized carbons (Fsp3) is 0.667. The number of carbonyl (C=O) groups is 6. The molecule has 5 rings (SSSR count). The number of esters is 6. The van der Waals surface area contributed by atoms with Gasteiger partial charge in [0.15, 0.2) is 23.7 Å². The zero-order valence-corrected chi connectivity index (χ0v) is 29.5. The zero-order chi connectivity index (χ0) is 36.5.